The third-order valence-corrected chi connectivity index (χ3v) is 4.48. The molecule has 128 valence electrons. The van der Waals surface area contributed by atoms with Crippen molar-refractivity contribution in [3.63, 3.8) is 0 Å². The number of hydrogen-bond donors (Lipinski definition) is 1. The number of aliphatic imine (C=N–C) groups is 1. The van der Waals surface area contributed by atoms with Crippen LogP contribution in [0.5, 0.6) is 5.75 Å². The summed E-state index contributed by atoms with van der Waals surface area (Å²) in [4.78, 5) is 20.7. The minimum absolute atomic E-state index is 0.0108. The van der Waals surface area contributed by atoms with Crippen molar-refractivity contribution < 1.29 is 22.7 Å². The van der Waals surface area contributed by atoms with Crippen LogP contribution in [0.1, 0.15) is 22.5 Å². The van der Waals surface area contributed by atoms with Gasteiger partial charge in [-0.2, -0.15) is 13.2 Å². The van der Waals surface area contributed by atoms with E-state index in [0.717, 1.165) is 6.07 Å². The predicted octanol–water partition coefficient (Wildman–Crippen LogP) is 2.29. The summed E-state index contributed by atoms with van der Waals surface area (Å²) in [6.45, 7) is -0.115. The molecule has 5 nitrogen and oxygen atoms in total. The van der Waals surface area contributed by atoms with Crippen LogP contribution >= 0.6 is 0 Å². The van der Waals surface area contributed by atoms with Crippen molar-refractivity contribution >= 4 is 11.7 Å². The monoisotopic (exact) mass is 347 g/mol. The zero-order chi connectivity index (χ0) is 17.8. The predicted molar refractivity (Wildman–Crippen MR) is 82.6 cm³/mol. The summed E-state index contributed by atoms with van der Waals surface area (Å²) < 4.78 is 45.1. The number of benzene rings is 1. The van der Waals surface area contributed by atoms with Crippen LogP contribution < -0.4 is 10.1 Å². The van der Waals surface area contributed by atoms with Crippen molar-refractivity contribution in [2.75, 3.05) is 13.7 Å². The van der Waals surface area contributed by atoms with Crippen molar-refractivity contribution in [1.29, 1.82) is 0 Å². The maximum absolute atomic E-state index is 13.2. The number of amides is 1. The van der Waals surface area contributed by atoms with Crippen molar-refractivity contribution in [3.05, 3.63) is 58.9 Å². The number of fused-ring (bicyclic) bond motifs is 4. The number of alkyl halides is 3. The second kappa shape index (κ2) is 5.05. The first-order valence-corrected chi connectivity index (χ1v) is 7.47. The summed E-state index contributed by atoms with van der Waals surface area (Å²) in [5.74, 6) is 0.147. The lowest BCUT2D eigenvalue weighted by Crippen LogP contribution is -2.54. The van der Waals surface area contributed by atoms with E-state index in [1.54, 1.807) is 24.3 Å². The van der Waals surface area contributed by atoms with E-state index >= 15 is 0 Å². The molecule has 2 aromatic rings. The van der Waals surface area contributed by atoms with Crippen molar-refractivity contribution in [2.45, 2.75) is 11.6 Å². The molecule has 0 bridgehead atoms. The largest absolute Gasteiger partial charge is 0.491 e. The first-order chi connectivity index (χ1) is 11.9. The Morgan fingerprint density at radius 2 is 2.00 bits per heavy atom. The highest BCUT2D eigenvalue weighted by atomic mass is 19.4. The van der Waals surface area contributed by atoms with Gasteiger partial charge in [0.2, 0.25) is 5.91 Å². The number of ether oxygens (including phenoxy) is 1. The normalized spacial score (nSPS) is 23.2. The molecule has 1 unspecified atom stereocenters. The fourth-order valence-electron chi connectivity index (χ4n) is 3.29. The highest BCUT2D eigenvalue weighted by Crippen LogP contribution is 2.46. The van der Waals surface area contributed by atoms with E-state index in [1.807, 2.05) is 0 Å². The quantitative estimate of drug-likeness (QED) is 0.795. The smallest absolute Gasteiger partial charge is 0.433 e. The summed E-state index contributed by atoms with van der Waals surface area (Å²) in [6, 6.07) is 8.96. The maximum Gasteiger partial charge on any atom is 0.433 e. The Hall–Kier alpha value is -2.90. The number of halogens is 3. The number of amidine groups is 1. The van der Waals surface area contributed by atoms with Gasteiger partial charge in [0.25, 0.3) is 0 Å². The van der Waals surface area contributed by atoms with E-state index in [9.17, 15) is 18.0 Å². The van der Waals surface area contributed by atoms with Gasteiger partial charge in [-0.05, 0) is 18.2 Å². The SMILES string of the molecule is CN=C1NC(=O)C2(COc3ccccc32)c2nc(C(F)(F)F)ccc21. The Balaban J connectivity index is 2.04. The maximum atomic E-state index is 13.2. The number of carbonyl (C=O) groups excluding carboxylic acids is 1. The minimum atomic E-state index is -4.62. The summed E-state index contributed by atoms with van der Waals surface area (Å²) >= 11 is 0. The van der Waals surface area contributed by atoms with Crippen LogP contribution in [0.4, 0.5) is 13.2 Å². The number of nitrogens with zero attached hydrogens (tertiary/aromatic N) is 2. The number of aromatic nitrogens is 1. The molecule has 1 aromatic carbocycles. The van der Waals surface area contributed by atoms with Crippen LogP contribution in [-0.4, -0.2) is 30.4 Å². The van der Waals surface area contributed by atoms with Crippen LogP contribution in [0, 0.1) is 0 Å². The van der Waals surface area contributed by atoms with Crippen molar-refractivity contribution in [1.82, 2.24) is 10.3 Å². The van der Waals surface area contributed by atoms with Gasteiger partial charge in [-0.3, -0.25) is 9.79 Å². The van der Waals surface area contributed by atoms with E-state index in [2.05, 4.69) is 15.3 Å². The Bertz CT molecular complexity index is 924. The topological polar surface area (TPSA) is 63.6 Å². The molecule has 0 radical (unpaired) electrons. The third-order valence-electron chi connectivity index (χ3n) is 4.48. The minimum Gasteiger partial charge on any atom is -0.491 e. The molecule has 3 heterocycles. The van der Waals surface area contributed by atoms with E-state index in [0.29, 0.717) is 16.9 Å². The van der Waals surface area contributed by atoms with Crippen molar-refractivity contribution in [3.8, 4) is 5.75 Å². The number of rotatable bonds is 0. The van der Waals surface area contributed by atoms with Gasteiger partial charge in [0.05, 0.1) is 5.69 Å². The number of hydrogen-bond acceptors (Lipinski definition) is 4. The molecule has 4 rings (SSSR count). The van der Waals surface area contributed by atoms with Crippen LogP contribution in [0.15, 0.2) is 41.4 Å². The zero-order valence-electron chi connectivity index (χ0n) is 13.0. The Morgan fingerprint density at radius 1 is 1.24 bits per heavy atom. The first-order valence-electron chi connectivity index (χ1n) is 7.47. The van der Waals surface area contributed by atoms with Gasteiger partial charge >= 0.3 is 6.18 Å². The van der Waals surface area contributed by atoms with Gasteiger partial charge in [0.15, 0.2) is 5.41 Å². The summed E-state index contributed by atoms with van der Waals surface area (Å²) in [5.41, 5.74) is -1.62. The first kappa shape index (κ1) is 15.6. The summed E-state index contributed by atoms with van der Waals surface area (Å²) in [5, 5.41) is 2.66. The second-order valence-electron chi connectivity index (χ2n) is 5.81. The van der Waals surface area contributed by atoms with Crippen LogP contribution in [0.25, 0.3) is 0 Å². The van der Waals surface area contributed by atoms with Gasteiger partial charge in [-0.25, -0.2) is 4.98 Å². The Labute approximate surface area is 140 Å². The molecule has 2 aliphatic heterocycles. The molecule has 0 aliphatic carbocycles. The lowest BCUT2D eigenvalue weighted by molar-refractivity contribution is -0.141. The molecule has 0 saturated carbocycles. The zero-order valence-corrected chi connectivity index (χ0v) is 13.0. The lowest BCUT2D eigenvalue weighted by atomic mass is 9.74. The molecule has 1 spiro atoms. The number of para-hydroxylation sites is 1. The molecule has 1 amide bonds. The molecule has 1 N–H and O–H groups in total. The van der Waals surface area contributed by atoms with Gasteiger partial charge in [0.1, 0.15) is 23.9 Å². The van der Waals surface area contributed by atoms with Gasteiger partial charge < -0.3 is 10.1 Å². The molecule has 1 aromatic heterocycles. The summed E-state index contributed by atoms with van der Waals surface area (Å²) in [6.07, 6.45) is -4.62. The number of carbonyl (C=O) groups is 1. The number of pyridine rings is 1. The van der Waals surface area contributed by atoms with Crippen LogP contribution in [-0.2, 0) is 16.4 Å². The third kappa shape index (κ3) is 2.06. The van der Waals surface area contributed by atoms with E-state index in [-0.39, 0.29) is 18.1 Å². The van der Waals surface area contributed by atoms with Crippen LogP contribution in [0.3, 0.4) is 0 Å². The standard InChI is InChI=1S/C17H12F3N3O2/c1-21-14-9-6-7-12(17(18,19)20)22-13(9)16(15(24)23-14)8-25-11-5-3-2-4-10(11)16/h2-7H,8H2,1H3,(H,21,23,24). The fraction of sp³-hybridized carbons (Fsp3) is 0.235. The Morgan fingerprint density at radius 3 is 2.72 bits per heavy atom. The molecule has 8 heteroatoms. The average molecular weight is 347 g/mol. The Kier molecular flexibility index (Phi) is 3.15. The van der Waals surface area contributed by atoms with Gasteiger partial charge in [0, 0.05) is 18.2 Å². The number of nitrogens with one attached hydrogen (secondary N) is 1. The summed E-state index contributed by atoms with van der Waals surface area (Å²) in [7, 11) is 1.45. The fourth-order valence-corrected chi connectivity index (χ4v) is 3.29. The van der Waals surface area contributed by atoms with Gasteiger partial charge in [-0.1, -0.05) is 18.2 Å². The van der Waals surface area contributed by atoms with E-state index in [4.69, 9.17) is 4.74 Å². The van der Waals surface area contributed by atoms with E-state index < -0.39 is 23.2 Å². The molecular weight excluding hydrogens is 335 g/mol. The molecule has 2 aliphatic rings. The highest BCUT2D eigenvalue weighted by Gasteiger charge is 2.55. The van der Waals surface area contributed by atoms with Crippen molar-refractivity contribution in [2.24, 2.45) is 4.99 Å². The average Bonchev–Trinajstić information content (AvgIpc) is 2.98. The van der Waals surface area contributed by atoms with E-state index in [1.165, 1.54) is 13.1 Å². The van der Waals surface area contributed by atoms with Gasteiger partial charge in [-0.15, -0.1) is 0 Å². The lowest BCUT2D eigenvalue weighted by Gasteiger charge is -2.33. The van der Waals surface area contributed by atoms with Crippen LogP contribution in [0.2, 0.25) is 0 Å². The molecule has 1 atom stereocenters. The highest BCUT2D eigenvalue weighted by molar-refractivity contribution is 6.16. The molecular formula is C17H12F3N3O2. The molecule has 0 saturated heterocycles. The second-order valence-corrected chi connectivity index (χ2v) is 5.81. The molecule has 25 heavy (non-hydrogen) atoms. The molecule has 0 fully saturated rings.